The van der Waals surface area contributed by atoms with Crippen molar-refractivity contribution >= 4 is 56.9 Å². The first-order valence-electron chi connectivity index (χ1n) is 12.4. The Morgan fingerprint density at radius 3 is 2.33 bits per heavy atom. The van der Waals surface area contributed by atoms with Gasteiger partial charge in [-0.05, 0) is 70.0 Å². The van der Waals surface area contributed by atoms with E-state index < -0.39 is 35.8 Å². The molecule has 3 aliphatic heterocycles. The van der Waals surface area contributed by atoms with Gasteiger partial charge in [-0.2, -0.15) is 0 Å². The molecule has 0 bridgehead atoms. The number of nitrogens with zero attached hydrogens (tertiary/aromatic N) is 2. The lowest BCUT2D eigenvalue weighted by Gasteiger charge is -2.36. The Hall–Kier alpha value is -4.24. The van der Waals surface area contributed by atoms with Gasteiger partial charge in [-0.15, -0.1) is 0 Å². The number of esters is 1. The highest BCUT2D eigenvalue weighted by atomic mass is 79.9. The first-order valence-corrected chi connectivity index (χ1v) is 13.2. The number of Topliss-reactive ketones (excluding diaryl/α,β-unsaturated/α-hetero) is 1. The average Bonchev–Trinajstić information content (AvgIpc) is 3.41. The molecule has 2 fully saturated rings. The van der Waals surface area contributed by atoms with Crippen LogP contribution in [0.3, 0.4) is 0 Å². The SMILES string of the molecule is COc1ccc(C(=O)[C@H]2[C@H]3C(=O)N(c4ccc(OC(C)=O)cc4)C(=O)[C@H]3[C@@H]3C=Cc4ccccc4N32)cc1Br. The van der Waals surface area contributed by atoms with Gasteiger partial charge in [0.1, 0.15) is 17.5 Å². The minimum absolute atomic E-state index is 0.255. The fourth-order valence-corrected chi connectivity index (χ4v) is 6.43. The van der Waals surface area contributed by atoms with Crippen LogP contribution < -0.4 is 19.3 Å². The summed E-state index contributed by atoms with van der Waals surface area (Å²) in [6, 6.07) is 17.5. The maximum Gasteiger partial charge on any atom is 0.308 e. The van der Waals surface area contributed by atoms with Crippen LogP contribution in [0, 0.1) is 11.8 Å². The number of ketones is 1. The van der Waals surface area contributed by atoms with E-state index in [9.17, 15) is 19.2 Å². The van der Waals surface area contributed by atoms with E-state index in [1.165, 1.54) is 19.1 Å². The van der Waals surface area contributed by atoms with Gasteiger partial charge in [0, 0.05) is 18.2 Å². The van der Waals surface area contributed by atoms with Gasteiger partial charge in [-0.1, -0.05) is 30.4 Å². The summed E-state index contributed by atoms with van der Waals surface area (Å²) in [7, 11) is 1.54. The molecule has 0 aliphatic carbocycles. The van der Waals surface area contributed by atoms with Crippen molar-refractivity contribution in [3.05, 3.63) is 88.4 Å². The third kappa shape index (κ3) is 3.96. The van der Waals surface area contributed by atoms with Gasteiger partial charge in [-0.3, -0.25) is 19.2 Å². The Labute approximate surface area is 232 Å². The van der Waals surface area contributed by atoms with Gasteiger partial charge in [0.05, 0.1) is 35.1 Å². The Bertz CT molecular complexity index is 1570. The first kappa shape index (κ1) is 25.1. The fourth-order valence-electron chi connectivity index (χ4n) is 5.89. The Kier molecular flexibility index (Phi) is 6.10. The predicted molar refractivity (Wildman–Crippen MR) is 148 cm³/mol. The van der Waals surface area contributed by atoms with Crippen LogP contribution in [-0.4, -0.2) is 42.8 Å². The van der Waals surface area contributed by atoms with Crippen LogP contribution in [-0.2, 0) is 14.4 Å². The number of rotatable bonds is 5. The summed E-state index contributed by atoms with van der Waals surface area (Å²) in [5.41, 5.74) is 2.49. The van der Waals surface area contributed by atoms with Crippen molar-refractivity contribution < 1.29 is 28.7 Å². The summed E-state index contributed by atoms with van der Waals surface area (Å²) < 4.78 is 11.0. The molecule has 196 valence electrons. The van der Waals surface area contributed by atoms with E-state index in [1.54, 1.807) is 37.4 Å². The van der Waals surface area contributed by atoms with Crippen LogP contribution in [0.15, 0.2) is 77.3 Å². The van der Waals surface area contributed by atoms with E-state index in [0.29, 0.717) is 27.2 Å². The molecule has 0 aromatic heterocycles. The Balaban J connectivity index is 1.43. The molecule has 4 atom stereocenters. The molecule has 3 aromatic rings. The van der Waals surface area contributed by atoms with Crippen molar-refractivity contribution in [3.63, 3.8) is 0 Å². The van der Waals surface area contributed by atoms with E-state index in [2.05, 4.69) is 15.9 Å². The molecule has 3 aliphatic rings. The molecule has 3 heterocycles. The van der Waals surface area contributed by atoms with Crippen molar-refractivity contribution in [1.29, 1.82) is 0 Å². The summed E-state index contributed by atoms with van der Waals surface area (Å²) in [6.07, 6.45) is 3.86. The highest BCUT2D eigenvalue weighted by molar-refractivity contribution is 9.10. The average molecular weight is 587 g/mol. The standard InChI is InChI=1S/C30H23BrN2O6/c1-16(34)39-20-11-9-19(10-12-20)32-29(36)25-23-13-7-17-5-3-4-6-22(17)33(23)27(26(25)30(32)37)28(35)18-8-14-24(38-2)21(31)15-18/h3-15,23,25-27H,1-2H3/t23-,25-,26-,27+/m0/s1. The highest BCUT2D eigenvalue weighted by Crippen LogP contribution is 2.50. The highest BCUT2D eigenvalue weighted by Gasteiger charge is 2.64. The molecule has 2 amide bonds. The van der Waals surface area contributed by atoms with Gasteiger partial charge in [0.25, 0.3) is 0 Å². The summed E-state index contributed by atoms with van der Waals surface area (Å²) in [4.78, 5) is 56.5. The zero-order valence-electron chi connectivity index (χ0n) is 21.0. The number of amides is 2. The lowest BCUT2D eigenvalue weighted by Crippen LogP contribution is -2.48. The number of ether oxygens (including phenoxy) is 2. The van der Waals surface area contributed by atoms with Gasteiger partial charge in [0.2, 0.25) is 11.8 Å². The molecule has 0 N–H and O–H groups in total. The zero-order valence-corrected chi connectivity index (χ0v) is 22.6. The van der Waals surface area contributed by atoms with E-state index in [0.717, 1.165) is 16.2 Å². The van der Waals surface area contributed by atoms with Gasteiger partial charge in [0.15, 0.2) is 5.78 Å². The number of benzene rings is 3. The maximum atomic E-state index is 14.2. The number of halogens is 1. The molecular weight excluding hydrogens is 564 g/mol. The first-order chi connectivity index (χ1) is 18.8. The maximum absolute atomic E-state index is 14.2. The van der Waals surface area contributed by atoms with Crippen LogP contribution in [0.4, 0.5) is 11.4 Å². The number of anilines is 2. The molecule has 39 heavy (non-hydrogen) atoms. The quantitative estimate of drug-likeness (QED) is 0.186. The third-order valence-electron chi connectivity index (χ3n) is 7.48. The van der Waals surface area contributed by atoms with Crippen molar-refractivity contribution in [2.45, 2.75) is 19.0 Å². The minimum Gasteiger partial charge on any atom is -0.496 e. The van der Waals surface area contributed by atoms with Crippen LogP contribution >= 0.6 is 15.9 Å². The van der Waals surface area contributed by atoms with Crippen molar-refractivity contribution in [2.24, 2.45) is 11.8 Å². The predicted octanol–water partition coefficient (Wildman–Crippen LogP) is 4.66. The van der Waals surface area contributed by atoms with Crippen molar-refractivity contribution in [1.82, 2.24) is 0 Å². The summed E-state index contributed by atoms with van der Waals surface area (Å²) >= 11 is 3.45. The second-order valence-electron chi connectivity index (χ2n) is 9.63. The van der Waals surface area contributed by atoms with Crippen LogP contribution in [0.1, 0.15) is 22.8 Å². The number of para-hydroxylation sites is 1. The van der Waals surface area contributed by atoms with E-state index in [4.69, 9.17) is 9.47 Å². The number of methoxy groups -OCH3 is 1. The topological polar surface area (TPSA) is 93.2 Å². The minimum atomic E-state index is -0.895. The monoisotopic (exact) mass is 586 g/mol. The number of hydrogen-bond acceptors (Lipinski definition) is 7. The Morgan fingerprint density at radius 2 is 1.64 bits per heavy atom. The molecule has 6 rings (SSSR count). The number of imide groups is 1. The fraction of sp³-hybridized carbons (Fsp3) is 0.200. The summed E-state index contributed by atoms with van der Waals surface area (Å²) in [5.74, 6) is -2.27. The molecule has 0 saturated carbocycles. The molecular formula is C30H23BrN2O6. The summed E-state index contributed by atoms with van der Waals surface area (Å²) in [6.45, 7) is 1.29. The van der Waals surface area contributed by atoms with E-state index in [-0.39, 0.29) is 11.7 Å². The molecule has 3 aromatic carbocycles. The second-order valence-corrected chi connectivity index (χ2v) is 10.5. The van der Waals surface area contributed by atoms with Crippen LogP contribution in [0.2, 0.25) is 0 Å². The van der Waals surface area contributed by atoms with Crippen molar-refractivity contribution in [2.75, 3.05) is 16.9 Å². The molecule has 2 saturated heterocycles. The molecule has 0 radical (unpaired) electrons. The van der Waals surface area contributed by atoms with Crippen LogP contribution in [0.5, 0.6) is 11.5 Å². The smallest absolute Gasteiger partial charge is 0.308 e. The van der Waals surface area contributed by atoms with Gasteiger partial charge in [-0.25, -0.2) is 4.90 Å². The van der Waals surface area contributed by atoms with Crippen molar-refractivity contribution in [3.8, 4) is 11.5 Å². The zero-order chi connectivity index (χ0) is 27.4. The lowest BCUT2D eigenvalue weighted by molar-refractivity contribution is -0.132. The lowest BCUT2D eigenvalue weighted by atomic mass is 9.86. The number of carbonyl (C=O) groups is 4. The molecule has 8 nitrogen and oxygen atoms in total. The molecule has 0 unspecified atom stereocenters. The Morgan fingerprint density at radius 1 is 0.923 bits per heavy atom. The number of carbonyl (C=O) groups excluding carboxylic acids is 4. The summed E-state index contributed by atoms with van der Waals surface area (Å²) in [5, 5.41) is 0. The van der Waals surface area contributed by atoms with E-state index in [1.807, 2.05) is 41.3 Å². The third-order valence-corrected chi connectivity index (χ3v) is 8.10. The number of hydrogen-bond donors (Lipinski definition) is 0. The van der Waals surface area contributed by atoms with Gasteiger partial charge >= 0.3 is 5.97 Å². The second kappa shape index (κ2) is 9.50. The van der Waals surface area contributed by atoms with Crippen LogP contribution in [0.25, 0.3) is 6.08 Å². The van der Waals surface area contributed by atoms with Gasteiger partial charge < -0.3 is 14.4 Å². The largest absolute Gasteiger partial charge is 0.496 e. The van der Waals surface area contributed by atoms with E-state index >= 15 is 0 Å². The normalized spacial score (nSPS) is 22.8. The molecule has 0 spiro atoms. The number of fused-ring (bicyclic) bond motifs is 5. The molecule has 9 heteroatoms.